The number of sulfonamides is 1. The van der Waals surface area contributed by atoms with E-state index >= 15 is 0 Å². The van der Waals surface area contributed by atoms with Gasteiger partial charge in [0.25, 0.3) is 0 Å². The van der Waals surface area contributed by atoms with Gasteiger partial charge in [-0.25, -0.2) is 17.5 Å². The highest BCUT2D eigenvalue weighted by molar-refractivity contribution is 7.89. The molecular formula is C14H19FN4O3S. The van der Waals surface area contributed by atoms with E-state index in [0.717, 1.165) is 0 Å². The third-order valence-electron chi connectivity index (χ3n) is 3.21. The maximum atomic E-state index is 12.9. The first-order valence-electron chi connectivity index (χ1n) is 7.22. The Balaban J connectivity index is 2.23. The van der Waals surface area contributed by atoms with Crippen LogP contribution in [0.1, 0.15) is 32.6 Å². The van der Waals surface area contributed by atoms with Crippen LogP contribution in [0.25, 0.3) is 0 Å². The van der Waals surface area contributed by atoms with Gasteiger partial charge in [-0.1, -0.05) is 5.10 Å². The molecule has 0 bridgehead atoms. The quantitative estimate of drug-likeness (QED) is 0.834. The van der Waals surface area contributed by atoms with Crippen LogP contribution in [0.2, 0.25) is 0 Å². The second-order valence-corrected chi connectivity index (χ2v) is 6.93. The summed E-state index contributed by atoms with van der Waals surface area (Å²) in [4.78, 5) is 0. The van der Waals surface area contributed by atoms with Crippen molar-refractivity contribution in [3.8, 4) is 11.8 Å². The highest BCUT2D eigenvalue weighted by Gasteiger charge is 2.21. The minimum absolute atomic E-state index is 0.0173. The van der Waals surface area contributed by atoms with E-state index in [0.29, 0.717) is 18.1 Å². The van der Waals surface area contributed by atoms with Gasteiger partial charge in [0.15, 0.2) is 5.82 Å². The molecule has 7 nitrogen and oxygen atoms in total. The predicted octanol–water partition coefficient (Wildman–Crippen LogP) is 2.23. The molecule has 0 unspecified atom stereocenters. The summed E-state index contributed by atoms with van der Waals surface area (Å²) in [5.41, 5.74) is 0. The smallest absolute Gasteiger partial charge is 0.322 e. The molecule has 0 aliphatic rings. The van der Waals surface area contributed by atoms with E-state index in [1.165, 1.54) is 24.3 Å². The van der Waals surface area contributed by atoms with Crippen molar-refractivity contribution in [1.29, 1.82) is 0 Å². The summed E-state index contributed by atoms with van der Waals surface area (Å²) in [6, 6.07) is 5.19. The standard InChI is InChI=1S/C14H19FN4O3S/c1-4-19-13(10(3)18-23(20,21)5-2)16-17-14(19)22-12-8-6-11(15)7-9-12/h6-10,18H,4-5H2,1-3H3/t10-/m1/s1. The Morgan fingerprint density at radius 2 is 1.91 bits per heavy atom. The molecule has 1 aromatic carbocycles. The number of nitrogens with one attached hydrogen (secondary N) is 1. The van der Waals surface area contributed by atoms with Crippen LogP contribution >= 0.6 is 0 Å². The summed E-state index contributed by atoms with van der Waals surface area (Å²) in [6.45, 7) is 5.61. The lowest BCUT2D eigenvalue weighted by atomic mass is 10.3. The molecular weight excluding hydrogens is 323 g/mol. The molecule has 1 aromatic heterocycles. The Labute approximate surface area is 134 Å². The predicted molar refractivity (Wildman–Crippen MR) is 83.2 cm³/mol. The van der Waals surface area contributed by atoms with E-state index in [1.807, 2.05) is 6.92 Å². The first-order chi connectivity index (χ1) is 10.9. The number of aromatic nitrogens is 3. The minimum atomic E-state index is -3.36. The zero-order valence-electron chi connectivity index (χ0n) is 13.2. The summed E-state index contributed by atoms with van der Waals surface area (Å²) >= 11 is 0. The van der Waals surface area contributed by atoms with Crippen molar-refractivity contribution in [3.05, 3.63) is 35.9 Å². The summed E-state index contributed by atoms with van der Waals surface area (Å²) < 4.78 is 46.0. The zero-order valence-corrected chi connectivity index (χ0v) is 14.0. The fourth-order valence-corrected chi connectivity index (χ4v) is 2.82. The van der Waals surface area contributed by atoms with Crippen LogP contribution in [0.4, 0.5) is 4.39 Å². The average molecular weight is 342 g/mol. The number of ether oxygens (including phenoxy) is 1. The van der Waals surface area contributed by atoms with Crippen LogP contribution in [-0.4, -0.2) is 28.9 Å². The summed E-state index contributed by atoms with van der Waals surface area (Å²) in [5, 5.41) is 7.95. The van der Waals surface area contributed by atoms with E-state index < -0.39 is 16.1 Å². The molecule has 0 aliphatic carbocycles. The van der Waals surface area contributed by atoms with Gasteiger partial charge < -0.3 is 4.74 Å². The zero-order chi connectivity index (χ0) is 17.0. The Morgan fingerprint density at radius 1 is 1.26 bits per heavy atom. The van der Waals surface area contributed by atoms with E-state index in [9.17, 15) is 12.8 Å². The van der Waals surface area contributed by atoms with Crippen LogP contribution < -0.4 is 9.46 Å². The molecule has 2 rings (SSSR count). The van der Waals surface area contributed by atoms with Crippen molar-refractivity contribution >= 4 is 10.0 Å². The molecule has 0 spiro atoms. The fraction of sp³-hybridized carbons (Fsp3) is 0.429. The average Bonchev–Trinajstić information content (AvgIpc) is 2.92. The number of benzene rings is 1. The SMILES string of the molecule is CCn1c(Oc2ccc(F)cc2)nnc1[C@@H](C)NS(=O)(=O)CC. The van der Waals surface area contributed by atoms with Crippen molar-refractivity contribution in [3.63, 3.8) is 0 Å². The van der Waals surface area contributed by atoms with Crippen LogP contribution in [0, 0.1) is 5.82 Å². The second-order valence-electron chi connectivity index (χ2n) is 4.88. The van der Waals surface area contributed by atoms with E-state index in [1.54, 1.807) is 18.4 Å². The number of hydrogen-bond acceptors (Lipinski definition) is 5. The first-order valence-corrected chi connectivity index (χ1v) is 8.88. The van der Waals surface area contributed by atoms with Gasteiger partial charge in [0.1, 0.15) is 11.6 Å². The number of rotatable bonds is 7. The van der Waals surface area contributed by atoms with E-state index in [-0.39, 0.29) is 17.6 Å². The van der Waals surface area contributed by atoms with Gasteiger partial charge in [0, 0.05) is 6.54 Å². The largest absolute Gasteiger partial charge is 0.424 e. The van der Waals surface area contributed by atoms with Crippen LogP contribution in [0.5, 0.6) is 11.8 Å². The molecule has 0 saturated heterocycles. The summed E-state index contributed by atoms with van der Waals surface area (Å²) in [7, 11) is -3.36. The van der Waals surface area contributed by atoms with Gasteiger partial charge >= 0.3 is 6.01 Å². The maximum absolute atomic E-state index is 12.9. The Hall–Kier alpha value is -2.00. The Bertz CT molecular complexity index is 759. The van der Waals surface area contributed by atoms with Crippen LogP contribution in [0.3, 0.4) is 0 Å². The molecule has 1 atom stereocenters. The lowest BCUT2D eigenvalue weighted by Gasteiger charge is -2.14. The second kappa shape index (κ2) is 7.05. The van der Waals surface area contributed by atoms with Gasteiger partial charge in [-0.2, -0.15) is 0 Å². The molecule has 126 valence electrons. The monoisotopic (exact) mass is 342 g/mol. The number of halogens is 1. The molecule has 9 heteroatoms. The number of nitrogens with zero attached hydrogens (tertiary/aromatic N) is 3. The highest BCUT2D eigenvalue weighted by atomic mass is 32.2. The van der Waals surface area contributed by atoms with Crippen LogP contribution in [0.15, 0.2) is 24.3 Å². The third-order valence-corrected chi connectivity index (χ3v) is 4.68. The Kier molecular flexibility index (Phi) is 5.32. The van der Waals surface area contributed by atoms with Crippen LogP contribution in [-0.2, 0) is 16.6 Å². The summed E-state index contributed by atoms with van der Waals surface area (Å²) in [5.74, 6) is 0.484. The van der Waals surface area contributed by atoms with Gasteiger partial charge in [-0.3, -0.25) is 4.57 Å². The third kappa shape index (κ3) is 4.26. The lowest BCUT2D eigenvalue weighted by molar-refractivity contribution is 0.407. The molecule has 0 saturated carbocycles. The summed E-state index contributed by atoms with van der Waals surface area (Å²) in [6.07, 6.45) is 0. The molecule has 0 aliphatic heterocycles. The Morgan fingerprint density at radius 3 is 2.48 bits per heavy atom. The molecule has 1 heterocycles. The topological polar surface area (TPSA) is 86.1 Å². The van der Waals surface area contributed by atoms with Gasteiger partial charge in [-0.15, -0.1) is 5.10 Å². The van der Waals surface area contributed by atoms with E-state index in [2.05, 4.69) is 14.9 Å². The van der Waals surface area contributed by atoms with Crippen molar-refractivity contribution in [1.82, 2.24) is 19.5 Å². The molecule has 0 amide bonds. The van der Waals surface area contributed by atoms with E-state index in [4.69, 9.17) is 4.74 Å². The van der Waals surface area contributed by atoms with Crippen molar-refractivity contribution < 1.29 is 17.5 Å². The maximum Gasteiger partial charge on any atom is 0.322 e. The van der Waals surface area contributed by atoms with Crippen molar-refractivity contribution in [2.45, 2.75) is 33.4 Å². The molecule has 0 fully saturated rings. The lowest BCUT2D eigenvalue weighted by Crippen LogP contribution is -2.30. The number of hydrogen-bond donors (Lipinski definition) is 1. The molecule has 0 radical (unpaired) electrons. The molecule has 2 aromatic rings. The van der Waals surface area contributed by atoms with Gasteiger partial charge in [0.05, 0.1) is 11.8 Å². The highest BCUT2D eigenvalue weighted by Crippen LogP contribution is 2.23. The van der Waals surface area contributed by atoms with Crippen molar-refractivity contribution in [2.75, 3.05) is 5.75 Å². The molecule has 23 heavy (non-hydrogen) atoms. The van der Waals surface area contributed by atoms with Crippen molar-refractivity contribution in [2.24, 2.45) is 0 Å². The minimum Gasteiger partial charge on any atom is -0.424 e. The van der Waals surface area contributed by atoms with Gasteiger partial charge in [-0.05, 0) is 45.0 Å². The first kappa shape index (κ1) is 17.4. The van der Waals surface area contributed by atoms with Gasteiger partial charge in [0.2, 0.25) is 10.0 Å². The fourth-order valence-electron chi connectivity index (χ4n) is 2.01. The molecule has 1 N–H and O–H groups in total. The normalized spacial score (nSPS) is 13.0.